The lowest BCUT2D eigenvalue weighted by molar-refractivity contribution is 0.0941. The van der Waals surface area contributed by atoms with Crippen molar-refractivity contribution in [2.24, 2.45) is 0 Å². The Morgan fingerprint density at radius 3 is 2.63 bits per heavy atom. The zero-order valence-corrected chi connectivity index (χ0v) is 17.1. The number of aromatic nitrogens is 3. The molecule has 3 heterocycles. The molecule has 1 aromatic carbocycles. The average Bonchev–Trinajstić information content (AvgIpc) is 3.20. The van der Waals surface area contributed by atoms with Crippen molar-refractivity contribution in [1.82, 2.24) is 20.4 Å². The zero-order valence-electron chi connectivity index (χ0n) is 16.4. The molecule has 1 aliphatic rings. The Morgan fingerprint density at radius 2 is 1.93 bits per heavy atom. The van der Waals surface area contributed by atoms with Gasteiger partial charge >= 0.3 is 0 Å². The summed E-state index contributed by atoms with van der Waals surface area (Å²) in [7, 11) is 0. The van der Waals surface area contributed by atoms with Crippen LogP contribution in [0, 0.1) is 6.92 Å². The normalized spacial score (nSPS) is 13.9. The highest BCUT2D eigenvalue weighted by Gasteiger charge is 2.17. The molecule has 2 aromatic heterocycles. The van der Waals surface area contributed by atoms with Gasteiger partial charge in [0.25, 0.3) is 5.91 Å². The number of nitrogens with zero attached hydrogens (tertiary/aromatic N) is 4. The van der Waals surface area contributed by atoms with Gasteiger partial charge in [0.05, 0.1) is 25.5 Å². The van der Waals surface area contributed by atoms with Crippen LogP contribution in [0.5, 0.6) is 0 Å². The molecule has 0 saturated carbocycles. The molecule has 9 nitrogen and oxygen atoms in total. The van der Waals surface area contributed by atoms with Gasteiger partial charge in [0, 0.05) is 35.9 Å². The second-order valence-corrected chi connectivity index (χ2v) is 7.22. The quantitative estimate of drug-likeness (QED) is 0.617. The number of carbonyl (C=O) groups is 1. The van der Waals surface area contributed by atoms with E-state index in [1.807, 2.05) is 12.1 Å². The average molecular weight is 429 g/mol. The van der Waals surface area contributed by atoms with E-state index in [9.17, 15) is 4.79 Å². The van der Waals surface area contributed by atoms with E-state index in [4.69, 9.17) is 20.9 Å². The fraction of sp³-hybridized carbons (Fsp3) is 0.300. The third-order valence-corrected chi connectivity index (χ3v) is 4.72. The summed E-state index contributed by atoms with van der Waals surface area (Å²) in [4.78, 5) is 23.6. The van der Waals surface area contributed by atoms with Gasteiger partial charge in [0.15, 0.2) is 5.69 Å². The molecular formula is C20H21ClN6O3. The van der Waals surface area contributed by atoms with Crippen LogP contribution in [0.25, 0.3) is 0 Å². The first-order valence-corrected chi connectivity index (χ1v) is 9.89. The highest BCUT2D eigenvalue weighted by Crippen LogP contribution is 2.21. The molecule has 0 bridgehead atoms. The molecule has 0 aliphatic carbocycles. The molecule has 156 valence electrons. The summed E-state index contributed by atoms with van der Waals surface area (Å²) in [6.45, 7) is 4.60. The van der Waals surface area contributed by atoms with Gasteiger partial charge in [-0.1, -0.05) is 16.8 Å². The molecular weight excluding hydrogens is 408 g/mol. The monoisotopic (exact) mass is 428 g/mol. The Hall–Kier alpha value is -3.17. The standard InChI is InChI=1S/C20H21ClN6O3/c1-13-10-17(26-30-13)19(28)22-12-16-11-18(23-15-4-2-14(21)3-5-15)25-20(24-16)27-6-8-29-9-7-27/h2-5,10-11H,6-9,12H2,1H3,(H,22,28)(H,23,24,25). The number of aryl methyl sites for hydroxylation is 1. The van der Waals surface area contributed by atoms with E-state index in [-0.39, 0.29) is 18.1 Å². The highest BCUT2D eigenvalue weighted by molar-refractivity contribution is 6.30. The van der Waals surface area contributed by atoms with Gasteiger partial charge in [0.1, 0.15) is 11.6 Å². The number of morpholine rings is 1. The number of anilines is 3. The third kappa shape index (κ3) is 5.05. The van der Waals surface area contributed by atoms with Gasteiger partial charge in [0.2, 0.25) is 5.95 Å². The minimum Gasteiger partial charge on any atom is -0.378 e. The van der Waals surface area contributed by atoms with E-state index < -0.39 is 0 Å². The van der Waals surface area contributed by atoms with Crippen molar-refractivity contribution in [1.29, 1.82) is 0 Å². The van der Waals surface area contributed by atoms with Crippen molar-refractivity contribution in [2.45, 2.75) is 13.5 Å². The van der Waals surface area contributed by atoms with Crippen LogP contribution in [0.15, 0.2) is 40.9 Å². The van der Waals surface area contributed by atoms with Gasteiger partial charge in [-0.3, -0.25) is 4.79 Å². The summed E-state index contributed by atoms with van der Waals surface area (Å²) in [6, 6.07) is 10.7. The van der Waals surface area contributed by atoms with Crippen molar-refractivity contribution < 1.29 is 14.1 Å². The van der Waals surface area contributed by atoms with Crippen LogP contribution in [0.3, 0.4) is 0 Å². The van der Waals surface area contributed by atoms with E-state index in [0.717, 1.165) is 5.69 Å². The number of carbonyl (C=O) groups excluding carboxylic acids is 1. The lowest BCUT2D eigenvalue weighted by atomic mass is 10.3. The lowest BCUT2D eigenvalue weighted by Gasteiger charge is -2.27. The van der Waals surface area contributed by atoms with Crippen LogP contribution in [-0.2, 0) is 11.3 Å². The Kier molecular flexibility index (Phi) is 6.10. The minimum atomic E-state index is -0.328. The van der Waals surface area contributed by atoms with Gasteiger partial charge in [-0.15, -0.1) is 0 Å². The molecule has 0 unspecified atom stereocenters. The van der Waals surface area contributed by atoms with E-state index in [0.29, 0.717) is 54.5 Å². The van der Waals surface area contributed by atoms with E-state index in [1.165, 1.54) is 0 Å². The molecule has 30 heavy (non-hydrogen) atoms. The minimum absolute atomic E-state index is 0.222. The molecule has 0 radical (unpaired) electrons. The number of rotatable bonds is 6. The van der Waals surface area contributed by atoms with Gasteiger partial charge in [-0.25, -0.2) is 4.98 Å². The van der Waals surface area contributed by atoms with E-state index in [1.54, 1.807) is 31.2 Å². The van der Waals surface area contributed by atoms with Crippen molar-refractivity contribution in [2.75, 3.05) is 36.5 Å². The van der Waals surface area contributed by atoms with Gasteiger partial charge < -0.3 is 24.8 Å². The summed E-state index contributed by atoms with van der Waals surface area (Å²) in [5.41, 5.74) is 1.74. The maximum Gasteiger partial charge on any atom is 0.273 e. The molecule has 1 amide bonds. The van der Waals surface area contributed by atoms with Crippen LogP contribution in [0.4, 0.5) is 17.5 Å². The molecule has 1 fully saturated rings. The maximum absolute atomic E-state index is 12.3. The number of hydrogen-bond acceptors (Lipinski definition) is 8. The van der Waals surface area contributed by atoms with E-state index in [2.05, 4.69) is 30.7 Å². The fourth-order valence-electron chi connectivity index (χ4n) is 2.96. The van der Waals surface area contributed by atoms with Crippen LogP contribution >= 0.6 is 11.6 Å². The molecule has 1 saturated heterocycles. The summed E-state index contributed by atoms with van der Waals surface area (Å²) >= 11 is 5.97. The number of hydrogen-bond donors (Lipinski definition) is 2. The van der Waals surface area contributed by atoms with Crippen LogP contribution < -0.4 is 15.5 Å². The second kappa shape index (κ2) is 9.10. The zero-order chi connectivity index (χ0) is 20.9. The first kappa shape index (κ1) is 20.1. The van der Waals surface area contributed by atoms with Crippen molar-refractivity contribution in [3.63, 3.8) is 0 Å². The maximum atomic E-state index is 12.3. The van der Waals surface area contributed by atoms with Crippen molar-refractivity contribution >= 4 is 35.0 Å². The summed E-state index contributed by atoms with van der Waals surface area (Å²) in [5, 5.41) is 10.5. The van der Waals surface area contributed by atoms with Crippen LogP contribution in [0.1, 0.15) is 21.9 Å². The van der Waals surface area contributed by atoms with Crippen LogP contribution in [0.2, 0.25) is 5.02 Å². The van der Waals surface area contributed by atoms with Crippen LogP contribution in [-0.4, -0.2) is 47.3 Å². The number of amides is 1. The first-order chi connectivity index (χ1) is 14.6. The molecule has 0 atom stereocenters. The molecule has 2 N–H and O–H groups in total. The fourth-order valence-corrected chi connectivity index (χ4v) is 3.08. The second-order valence-electron chi connectivity index (χ2n) is 6.78. The van der Waals surface area contributed by atoms with Gasteiger partial charge in [-0.2, -0.15) is 4.98 Å². The molecule has 3 aromatic rings. The third-order valence-electron chi connectivity index (χ3n) is 4.47. The smallest absolute Gasteiger partial charge is 0.273 e. The molecule has 10 heteroatoms. The largest absolute Gasteiger partial charge is 0.378 e. The molecule has 0 spiro atoms. The number of nitrogens with one attached hydrogen (secondary N) is 2. The Labute approximate surface area is 178 Å². The summed E-state index contributed by atoms with van der Waals surface area (Å²) < 4.78 is 10.4. The Morgan fingerprint density at radius 1 is 1.17 bits per heavy atom. The summed E-state index contributed by atoms with van der Waals surface area (Å²) in [6.07, 6.45) is 0. The van der Waals surface area contributed by atoms with Crippen molar-refractivity contribution in [3.05, 3.63) is 58.6 Å². The topological polar surface area (TPSA) is 105 Å². The number of halogens is 1. The van der Waals surface area contributed by atoms with Gasteiger partial charge in [-0.05, 0) is 31.2 Å². The first-order valence-electron chi connectivity index (χ1n) is 9.51. The summed E-state index contributed by atoms with van der Waals surface area (Å²) in [5.74, 6) is 1.45. The number of ether oxygens (including phenoxy) is 1. The van der Waals surface area contributed by atoms with Crippen molar-refractivity contribution in [3.8, 4) is 0 Å². The van der Waals surface area contributed by atoms with E-state index >= 15 is 0 Å². The highest BCUT2D eigenvalue weighted by atomic mass is 35.5. The predicted octanol–water partition coefficient (Wildman–Crippen LogP) is 2.94. The molecule has 4 rings (SSSR count). The predicted molar refractivity (Wildman–Crippen MR) is 112 cm³/mol. The SMILES string of the molecule is Cc1cc(C(=O)NCc2cc(Nc3ccc(Cl)cc3)nc(N3CCOCC3)n2)no1. The Balaban J connectivity index is 1.54. The Bertz CT molecular complexity index is 1020. The molecule has 1 aliphatic heterocycles. The lowest BCUT2D eigenvalue weighted by Crippen LogP contribution is -2.37. The number of benzene rings is 1.